The standard InChI is InChI=1S/C18H35NO/c1-4-19-17(16-11-9-10-15(3)14-16)18(20-5-2)12-7-6-8-13-18/h15-17,19H,4-14H2,1-3H3. The van der Waals surface area contributed by atoms with Gasteiger partial charge in [0.25, 0.3) is 0 Å². The molecule has 0 aromatic rings. The molecule has 0 radical (unpaired) electrons. The SMILES string of the molecule is CCNC(C1CCCC(C)C1)C1(OCC)CCCCC1. The number of likely N-dealkylation sites (N-methyl/N-ethyl adjacent to an activating group) is 1. The zero-order valence-electron chi connectivity index (χ0n) is 13.9. The second kappa shape index (κ2) is 7.79. The molecule has 1 N–H and O–H groups in total. The third-order valence-electron chi connectivity index (χ3n) is 5.57. The summed E-state index contributed by atoms with van der Waals surface area (Å²) in [6, 6.07) is 0.579. The van der Waals surface area contributed by atoms with E-state index in [9.17, 15) is 0 Å². The van der Waals surface area contributed by atoms with Crippen LogP contribution in [0.5, 0.6) is 0 Å². The van der Waals surface area contributed by atoms with Crippen LogP contribution in [0.15, 0.2) is 0 Å². The Morgan fingerprint density at radius 1 is 1.10 bits per heavy atom. The molecule has 0 spiro atoms. The Morgan fingerprint density at radius 2 is 1.85 bits per heavy atom. The van der Waals surface area contributed by atoms with E-state index in [1.165, 1.54) is 57.8 Å². The van der Waals surface area contributed by atoms with Crippen molar-refractivity contribution in [1.82, 2.24) is 5.32 Å². The molecular formula is C18H35NO. The lowest BCUT2D eigenvalue weighted by molar-refractivity contribution is -0.106. The minimum atomic E-state index is 0.130. The number of hydrogen-bond acceptors (Lipinski definition) is 2. The molecule has 2 heteroatoms. The first-order chi connectivity index (χ1) is 9.72. The summed E-state index contributed by atoms with van der Waals surface area (Å²) in [4.78, 5) is 0. The van der Waals surface area contributed by atoms with E-state index in [1.54, 1.807) is 0 Å². The Labute approximate surface area is 126 Å². The Hall–Kier alpha value is -0.0800. The van der Waals surface area contributed by atoms with Crippen LogP contribution >= 0.6 is 0 Å². The summed E-state index contributed by atoms with van der Waals surface area (Å²) in [6.45, 7) is 8.79. The Balaban J connectivity index is 2.14. The highest BCUT2D eigenvalue weighted by Gasteiger charge is 2.44. The lowest BCUT2D eigenvalue weighted by Gasteiger charge is -2.48. The molecule has 2 fully saturated rings. The molecule has 0 amide bonds. The predicted octanol–water partition coefficient (Wildman–Crippen LogP) is 4.53. The molecule has 0 aromatic carbocycles. The molecular weight excluding hydrogens is 246 g/mol. The smallest absolute Gasteiger partial charge is 0.0837 e. The first kappa shape index (κ1) is 16.3. The fourth-order valence-electron chi connectivity index (χ4n) is 4.77. The van der Waals surface area contributed by atoms with Crippen LogP contribution in [0.25, 0.3) is 0 Å². The van der Waals surface area contributed by atoms with Crippen molar-refractivity contribution >= 4 is 0 Å². The highest BCUT2D eigenvalue weighted by molar-refractivity contribution is 4.99. The van der Waals surface area contributed by atoms with Crippen molar-refractivity contribution < 1.29 is 4.74 Å². The summed E-state index contributed by atoms with van der Waals surface area (Å²) in [5.74, 6) is 1.72. The average molecular weight is 281 g/mol. The summed E-state index contributed by atoms with van der Waals surface area (Å²) < 4.78 is 6.41. The number of rotatable bonds is 6. The quantitative estimate of drug-likeness (QED) is 0.772. The van der Waals surface area contributed by atoms with Crippen molar-refractivity contribution in [2.24, 2.45) is 11.8 Å². The van der Waals surface area contributed by atoms with Crippen LogP contribution in [-0.4, -0.2) is 24.8 Å². The zero-order valence-corrected chi connectivity index (χ0v) is 13.9. The van der Waals surface area contributed by atoms with Gasteiger partial charge in [0, 0.05) is 12.6 Å². The van der Waals surface area contributed by atoms with Gasteiger partial charge in [0.15, 0.2) is 0 Å². The van der Waals surface area contributed by atoms with E-state index in [1.807, 2.05) is 0 Å². The van der Waals surface area contributed by atoms with Gasteiger partial charge < -0.3 is 10.1 Å². The molecule has 2 aliphatic rings. The van der Waals surface area contributed by atoms with Crippen LogP contribution in [0.2, 0.25) is 0 Å². The van der Waals surface area contributed by atoms with Crippen molar-refractivity contribution in [1.29, 1.82) is 0 Å². The minimum Gasteiger partial charge on any atom is -0.374 e. The summed E-state index contributed by atoms with van der Waals surface area (Å²) >= 11 is 0. The van der Waals surface area contributed by atoms with Crippen molar-refractivity contribution in [2.75, 3.05) is 13.2 Å². The first-order valence-corrected chi connectivity index (χ1v) is 9.09. The predicted molar refractivity (Wildman–Crippen MR) is 86.0 cm³/mol. The Bertz CT molecular complexity index is 267. The van der Waals surface area contributed by atoms with Gasteiger partial charge in [-0.15, -0.1) is 0 Å². The Kier molecular flexibility index (Phi) is 6.35. The highest BCUT2D eigenvalue weighted by Crippen LogP contribution is 2.42. The normalized spacial score (nSPS) is 31.9. The van der Waals surface area contributed by atoms with E-state index in [2.05, 4.69) is 26.1 Å². The third-order valence-corrected chi connectivity index (χ3v) is 5.57. The molecule has 0 saturated heterocycles. The lowest BCUT2D eigenvalue weighted by atomic mass is 9.69. The lowest BCUT2D eigenvalue weighted by Crippen LogP contribution is -2.57. The van der Waals surface area contributed by atoms with Gasteiger partial charge in [-0.2, -0.15) is 0 Å². The number of nitrogens with one attached hydrogen (secondary N) is 1. The summed E-state index contributed by atoms with van der Waals surface area (Å²) in [5.41, 5.74) is 0.130. The van der Waals surface area contributed by atoms with E-state index >= 15 is 0 Å². The fourth-order valence-corrected chi connectivity index (χ4v) is 4.77. The second-order valence-electron chi connectivity index (χ2n) is 7.13. The van der Waals surface area contributed by atoms with Crippen molar-refractivity contribution in [3.63, 3.8) is 0 Å². The molecule has 20 heavy (non-hydrogen) atoms. The molecule has 2 nitrogen and oxygen atoms in total. The van der Waals surface area contributed by atoms with E-state index < -0.39 is 0 Å². The van der Waals surface area contributed by atoms with Gasteiger partial charge in [0.1, 0.15) is 0 Å². The fraction of sp³-hybridized carbons (Fsp3) is 1.00. The molecule has 3 atom stereocenters. The van der Waals surface area contributed by atoms with Crippen LogP contribution in [0, 0.1) is 11.8 Å². The maximum Gasteiger partial charge on any atom is 0.0837 e. The zero-order chi connectivity index (χ0) is 14.4. The highest BCUT2D eigenvalue weighted by atomic mass is 16.5. The molecule has 3 unspecified atom stereocenters. The van der Waals surface area contributed by atoms with Crippen LogP contribution in [0.1, 0.15) is 78.6 Å². The maximum atomic E-state index is 6.41. The van der Waals surface area contributed by atoms with Crippen LogP contribution in [0.3, 0.4) is 0 Å². The average Bonchev–Trinajstić information content (AvgIpc) is 2.46. The molecule has 118 valence electrons. The van der Waals surface area contributed by atoms with Gasteiger partial charge in [-0.3, -0.25) is 0 Å². The van der Waals surface area contributed by atoms with E-state index in [-0.39, 0.29) is 5.60 Å². The van der Waals surface area contributed by atoms with Crippen LogP contribution in [0.4, 0.5) is 0 Å². The minimum absolute atomic E-state index is 0.130. The molecule has 0 heterocycles. The maximum absolute atomic E-state index is 6.41. The topological polar surface area (TPSA) is 21.3 Å². The van der Waals surface area contributed by atoms with Gasteiger partial charge in [0.2, 0.25) is 0 Å². The summed E-state index contributed by atoms with van der Waals surface area (Å²) in [5, 5.41) is 3.84. The summed E-state index contributed by atoms with van der Waals surface area (Å²) in [7, 11) is 0. The van der Waals surface area contributed by atoms with E-state index in [4.69, 9.17) is 4.74 Å². The Morgan fingerprint density at radius 3 is 2.45 bits per heavy atom. The molecule has 0 bridgehead atoms. The molecule has 2 rings (SSSR count). The van der Waals surface area contributed by atoms with Gasteiger partial charge in [-0.05, 0) is 51.0 Å². The van der Waals surface area contributed by atoms with E-state index in [0.29, 0.717) is 6.04 Å². The third kappa shape index (κ3) is 3.76. The van der Waals surface area contributed by atoms with Gasteiger partial charge in [-0.1, -0.05) is 46.0 Å². The van der Waals surface area contributed by atoms with Gasteiger partial charge >= 0.3 is 0 Å². The van der Waals surface area contributed by atoms with Crippen molar-refractivity contribution in [3.05, 3.63) is 0 Å². The van der Waals surface area contributed by atoms with Gasteiger partial charge in [-0.25, -0.2) is 0 Å². The van der Waals surface area contributed by atoms with Crippen molar-refractivity contribution in [2.45, 2.75) is 90.2 Å². The van der Waals surface area contributed by atoms with Gasteiger partial charge in [0.05, 0.1) is 5.60 Å². The second-order valence-corrected chi connectivity index (χ2v) is 7.13. The monoisotopic (exact) mass is 281 g/mol. The largest absolute Gasteiger partial charge is 0.374 e. The number of ether oxygens (including phenoxy) is 1. The molecule has 0 aromatic heterocycles. The number of hydrogen-bond donors (Lipinski definition) is 1. The van der Waals surface area contributed by atoms with Crippen LogP contribution in [-0.2, 0) is 4.74 Å². The summed E-state index contributed by atoms with van der Waals surface area (Å²) in [6.07, 6.45) is 12.3. The van der Waals surface area contributed by atoms with Crippen LogP contribution < -0.4 is 5.32 Å². The van der Waals surface area contributed by atoms with Crippen molar-refractivity contribution in [3.8, 4) is 0 Å². The molecule has 2 aliphatic carbocycles. The molecule has 0 aliphatic heterocycles. The molecule has 2 saturated carbocycles. The first-order valence-electron chi connectivity index (χ1n) is 9.09. The van der Waals surface area contributed by atoms with E-state index in [0.717, 1.165) is 25.0 Å².